The van der Waals surface area contributed by atoms with E-state index in [0.717, 1.165) is 83.5 Å². The molecule has 0 aliphatic rings. The van der Waals surface area contributed by atoms with E-state index in [1.807, 2.05) is 12.2 Å². The highest BCUT2D eigenvalue weighted by Crippen LogP contribution is 2.12. The van der Waals surface area contributed by atoms with Crippen LogP contribution in [0.3, 0.4) is 0 Å². The minimum Gasteiger partial charge on any atom is -0.462 e. The van der Waals surface area contributed by atoms with Gasteiger partial charge in [-0.15, -0.1) is 0 Å². The van der Waals surface area contributed by atoms with Crippen molar-refractivity contribution in [3.05, 3.63) is 122 Å². The molecular weight excluding hydrogens is 829 g/mol. The monoisotopic (exact) mass is 927 g/mol. The lowest BCUT2D eigenvalue weighted by molar-refractivity contribution is -0.166. The van der Waals surface area contributed by atoms with Gasteiger partial charge >= 0.3 is 17.9 Å². The van der Waals surface area contributed by atoms with Crippen LogP contribution < -0.4 is 0 Å². The molecule has 378 valence electrons. The van der Waals surface area contributed by atoms with Gasteiger partial charge in [-0.25, -0.2) is 0 Å². The molecule has 0 radical (unpaired) electrons. The average Bonchev–Trinajstić information content (AvgIpc) is 3.33. The van der Waals surface area contributed by atoms with E-state index in [1.54, 1.807) is 0 Å². The summed E-state index contributed by atoms with van der Waals surface area (Å²) in [5.41, 5.74) is 0. The molecule has 0 aliphatic carbocycles. The van der Waals surface area contributed by atoms with Gasteiger partial charge in [0.2, 0.25) is 0 Å². The molecule has 0 N–H and O–H groups in total. The first-order valence-corrected chi connectivity index (χ1v) is 27.0. The largest absolute Gasteiger partial charge is 0.462 e. The van der Waals surface area contributed by atoms with Gasteiger partial charge in [0.15, 0.2) is 6.10 Å². The molecule has 0 heterocycles. The lowest BCUT2D eigenvalue weighted by Crippen LogP contribution is -2.30. The van der Waals surface area contributed by atoms with Crippen molar-refractivity contribution in [3.8, 4) is 0 Å². The molecule has 0 aromatic carbocycles. The molecule has 0 fully saturated rings. The molecule has 0 saturated heterocycles. The summed E-state index contributed by atoms with van der Waals surface area (Å²) in [5, 5.41) is 0. The minimum atomic E-state index is -0.837. The van der Waals surface area contributed by atoms with E-state index in [9.17, 15) is 14.4 Å². The van der Waals surface area contributed by atoms with Crippen LogP contribution in [0.5, 0.6) is 0 Å². The molecule has 0 aliphatic heterocycles. The Hall–Kier alpha value is -4.19. The molecule has 0 unspecified atom stereocenters. The van der Waals surface area contributed by atoms with Crippen LogP contribution in [0, 0.1) is 0 Å². The quantitative estimate of drug-likeness (QED) is 0.0262. The zero-order chi connectivity index (χ0) is 48.6. The highest BCUT2D eigenvalue weighted by molar-refractivity contribution is 5.71. The van der Waals surface area contributed by atoms with E-state index in [0.29, 0.717) is 12.8 Å². The predicted octanol–water partition coefficient (Wildman–Crippen LogP) is 18.1. The van der Waals surface area contributed by atoms with Crippen LogP contribution in [0.1, 0.15) is 226 Å². The number of ether oxygens (including phenoxy) is 3. The van der Waals surface area contributed by atoms with E-state index < -0.39 is 6.10 Å². The number of hydrogen-bond acceptors (Lipinski definition) is 6. The second-order valence-corrected chi connectivity index (χ2v) is 17.4. The van der Waals surface area contributed by atoms with Crippen LogP contribution in [0.4, 0.5) is 0 Å². The maximum atomic E-state index is 12.8. The Balaban J connectivity index is 4.60. The van der Waals surface area contributed by atoms with Gasteiger partial charge in [-0.2, -0.15) is 0 Å². The second-order valence-electron chi connectivity index (χ2n) is 17.4. The van der Waals surface area contributed by atoms with E-state index in [1.165, 1.54) is 89.9 Å². The van der Waals surface area contributed by atoms with Crippen LogP contribution in [0.15, 0.2) is 122 Å². The Labute approximate surface area is 412 Å². The summed E-state index contributed by atoms with van der Waals surface area (Å²) < 4.78 is 16.7. The third-order valence-corrected chi connectivity index (χ3v) is 10.9. The molecule has 0 spiro atoms. The highest BCUT2D eigenvalue weighted by Gasteiger charge is 2.19. The van der Waals surface area contributed by atoms with Gasteiger partial charge in [-0.3, -0.25) is 14.4 Å². The summed E-state index contributed by atoms with van der Waals surface area (Å²) in [6.07, 6.45) is 74.8. The van der Waals surface area contributed by atoms with Gasteiger partial charge in [0.05, 0.1) is 0 Å². The lowest BCUT2D eigenvalue weighted by atomic mass is 10.1. The van der Waals surface area contributed by atoms with Crippen LogP contribution in [0.2, 0.25) is 0 Å². The normalized spacial score (nSPS) is 13.1. The van der Waals surface area contributed by atoms with Crippen molar-refractivity contribution in [1.29, 1.82) is 0 Å². The smallest absolute Gasteiger partial charge is 0.306 e. The standard InChI is InChI=1S/C61H98O6/c1-4-7-10-13-16-19-22-25-27-29-30-32-34-37-39-42-45-48-51-54-60(63)66-57-58(67-61(64)55-52-49-46-43-40-35-24-21-18-15-12-9-6-3)56-65-59(62)53-50-47-44-41-38-36-33-31-28-26-23-20-17-14-11-8-5-2/h16-17,19-21,24-28,30,32-33,36-37,39,41,44-45,48,58H,4-15,18,22-23,29,31,34-35,38,40,42-43,46-47,49-57H2,1-3H3/b19-16-,20-17-,24-21-,27-25-,28-26-,32-30-,36-33-,39-37-,44-41-,48-45-/t58-/m0/s1. The van der Waals surface area contributed by atoms with E-state index >= 15 is 0 Å². The minimum absolute atomic E-state index is 0.136. The van der Waals surface area contributed by atoms with Crippen molar-refractivity contribution in [2.45, 2.75) is 232 Å². The fourth-order valence-corrected chi connectivity index (χ4v) is 6.82. The number of unbranched alkanes of at least 4 members (excludes halogenated alkanes) is 16. The van der Waals surface area contributed by atoms with Gasteiger partial charge < -0.3 is 14.2 Å². The average molecular weight is 927 g/mol. The first kappa shape index (κ1) is 62.8. The Morgan fingerprint density at radius 2 is 0.582 bits per heavy atom. The Morgan fingerprint density at radius 3 is 1.01 bits per heavy atom. The summed E-state index contributed by atoms with van der Waals surface area (Å²) >= 11 is 0. The number of carbonyl (C=O) groups excluding carboxylic acids is 3. The van der Waals surface area contributed by atoms with Crippen LogP contribution in [-0.2, 0) is 28.6 Å². The van der Waals surface area contributed by atoms with Crippen LogP contribution in [-0.4, -0.2) is 37.2 Å². The van der Waals surface area contributed by atoms with Crippen molar-refractivity contribution in [1.82, 2.24) is 0 Å². The maximum absolute atomic E-state index is 12.8. The summed E-state index contributed by atoms with van der Waals surface area (Å²) in [7, 11) is 0. The first-order valence-electron chi connectivity index (χ1n) is 27.0. The highest BCUT2D eigenvalue weighted by atomic mass is 16.6. The molecule has 67 heavy (non-hydrogen) atoms. The Morgan fingerprint density at radius 1 is 0.299 bits per heavy atom. The first-order chi connectivity index (χ1) is 33.0. The summed E-state index contributed by atoms with van der Waals surface area (Å²) in [5.74, 6) is -1.09. The molecule has 6 heteroatoms. The molecule has 6 nitrogen and oxygen atoms in total. The van der Waals surface area contributed by atoms with Gasteiger partial charge in [-0.1, -0.05) is 206 Å². The molecular formula is C61H98O6. The number of carbonyl (C=O) groups is 3. The second kappa shape index (κ2) is 54.4. The van der Waals surface area contributed by atoms with Gasteiger partial charge in [0, 0.05) is 19.3 Å². The fraction of sp³-hybridized carbons (Fsp3) is 0.623. The summed E-state index contributed by atoms with van der Waals surface area (Å²) in [6.45, 7) is 6.43. The van der Waals surface area contributed by atoms with E-state index in [-0.39, 0.29) is 50.4 Å². The summed E-state index contributed by atoms with van der Waals surface area (Å²) in [6, 6.07) is 0. The van der Waals surface area contributed by atoms with Crippen LogP contribution >= 0.6 is 0 Å². The molecule has 0 aromatic rings. The lowest BCUT2D eigenvalue weighted by Gasteiger charge is -2.18. The number of allylic oxidation sites excluding steroid dienone is 20. The number of esters is 3. The number of hydrogen-bond donors (Lipinski definition) is 0. The van der Waals surface area contributed by atoms with Gasteiger partial charge in [-0.05, 0) is 122 Å². The molecule has 0 amide bonds. The topological polar surface area (TPSA) is 78.9 Å². The molecule has 1 atom stereocenters. The van der Waals surface area contributed by atoms with Crippen molar-refractivity contribution in [2.75, 3.05) is 13.2 Å². The SMILES string of the molecule is CCCCC/C=C\C/C=C\C/C=C\C/C=C\C/C=C\CCC(=O)OC[C@H](COC(=O)CCC/C=C\C/C=C\C/C=C\C/C=C\CCCCC)OC(=O)CCCCCCC/C=C\CCCCCC. The maximum Gasteiger partial charge on any atom is 0.306 e. The third-order valence-electron chi connectivity index (χ3n) is 10.9. The Bertz CT molecular complexity index is 1440. The van der Waals surface area contributed by atoms with Crippen LogP contribution in [0.25, 0.3) is 0 Å². The van der Waals surface area contributed by atoms with Gasteiger partial charge in [0.25, 0.3) is 0 Å². The van der Waals surface area contributed by atoms with E-state index in [2.05, 4.69) is 130 Å². The molecule has 0 aromatic heterocycles. The zero-order valence-corrected chi connectivity index (χ0v) is 43.1. The van der Waals surface area contributed by atoms with Crippen molar-refractivity contribution >= 4 is 17.9 Å². The molecule has 0 rings (SSSR count). The van der Waals surface area contributed by atoms with Gasteiger partial charge in [0.1, 0.15) is 13.2 Å². The van der Waals surface area contributed by atoms with E-state index in [4.69, 9.17) is 14.2 Å². The van der Waals surface area contributed by atoms with Crippen molar-refractivity contribution in [3.63, 3.8) is 0 Å². The van der Waals surface area contributed by atoms with Crippen molar-refractivity contribution < 1.29 is 28.6 Å². The zero-order valence-electron chi connectivity index (χ0n) is 43.1. The summed E-state index contributed by atoms with van der Waals surface area (Å²) in [4.78, 5) is 38.0. The predicted molar refractivity (Wildman–Crippen MR) is 288 cm³/mol. The molecule has 0 saturated carbocycles. The molecule has 0 bridgehead atoms. The fourth-order valence-electron chi connectivity index (χ4n) is 6.82. The van der Waals surface area contributed by atoms with Crippen molar-refractivity contribution in [2.24, 2.45) is 0 Å². The third kappa shape index (κ3) is 52.6. The Kier molecular flexibility index (Phi) is 51.0. The number of rotatable bonds is 47.